The number of pyridine rings is 1. The van der Waals surface area contributed by atoms with Crippen LogP contribution in [0, 0.1) is 0 Å². The highest BCUT2D eigenvalue weighted by Gasteiger charge is 2.18. The van der Waals surface area contributed by atoms with Crippen LogP contribution in [-0.4, -0.2) is 4.98 Å². The average Bonchev–Trinajstić information content (AvgIpc) is 4.07. The molecule has 0 aliphatic carbocycles. The summed E-state index contributed by atoms with van der Waals surface area (Å²) >= 11 is 0. The van der Waals surface area contributed by atoms with Crippen molar-refractivity contribution in [2.45, 2.75) is 0 Å². The second-order valence-electron chi connectivity index (χ2n) is 17.1. The zero-order valence-corrected chi connectivity index (χ0v) is 35.4. The van der Waals surface area contributed by atoms with Crippen LogP contribution in [0.3, 0.4) is 0 Å². The van der Waals surface area contributed by atoms with Gasteiger partial charge in [0.1, 0.15) is 33.5 Å². The van der Waals surface area contributed by atoms with Gasteiger partial charge in [-0.2, -0.15) is 0 Å². The van der Waals surface area contributed by atoms with E-state index in [4.69, 9.17) is 18.2 Å². The highest BCUT2D eigenvalue weighted by atomic mass is 16.3. The molecule has 0 amide bonds. The largest absolute Gasteiger partial charge is 0.456 e. The van der Waals surface area contributed by atoms with Crippen molar-refractivity contribution in [3.05, 3.63) is 219 Å². The topological polar surface area (TPSA) is 55.6 Å². The number of para-hydroxylation sites is 3. The molecule has 0 saturated carbocycles. The number of hydrogen-bond donors (Lipinski definition) is 0. The van der Waals surface area contributed by atoms with E-state index in [1.807, 2.05) is 54.7 Å². The molecule has 5 heteroatoms. The summed E-state index contributed by atoms with van der Waals surface area (Å²) in [7, 11) is 0. The number of hydrogen-bond acceptors (Lipinski definition) is 5. The highest BCUT2D eigenvalue weighted by Crippen LogP contribution is 2.42. The van der Waals surface area contributed by atoms with E-state index in [2.05, 4.69) is 169 Å². The second kappa shape index (κ2) is 14.3. The number of aromatic nitrogens is 1. The van der Waals surface area contributed by atoms with Crippen molar-refractivity contribution >= 4 is 104 Å². The average molecular weight is 845 g/mol. The van der Waals surface area contributed by atoms with E-state index in [9.17, 15) is 0 Å². The highest BCUT2D eigenvalue weighted by molar-refractivity contribution is 6.12. The molecule has 4 aromatic heterocycles. The van der Waals surface area contributed by atoms with Crippen molar-refractivity contribution in [1.82, 2.24) is 4.98 Å². The predicted molar refractivity (Wildman–Crippen MR) is 272 cm³/mol. The molecule has 0 saturated heterocycles. The van der Waals surface area contributed by atoms with Gasteiger partial charge in [0, 0.05) is 55.8 Å². The molecule has 0 fully saturated rings. The summed E-state index contributed by atoms with van der Waals surface area (Å²) in [4.78, 5) is 7.23. The molecule has 10 aromatic carbocycles. The van der Waals surface area contributed by atoms with Gasteiger partial charge < -0.3 is 18.2 Å². The Bertz CT molecular complexity index is 4050. The Morgan fingerprint density at radius 2 is 0.697 bits per heavy atom. The third-order valence-corrected chi connectivity index (χ3v) is 13.3. The van der Waals surface area contributed by atoms with E-state index in [1.165, 1.54) is 0 Å². The lowest BCUT2D eigenvalue weighted by Crippen LogP contribution is -2.10. The lowest BCUT2D eigenvalue weighted by Gasteiger charge is -2.26. The van der Waals surface area contributed by atoms with Crippen molar-refractivity contribution in [3.63, 3.8) is 0 Å². The molecular weight excluding hydrogens is 809 g/mol. The Hall–Kier alpha value is -8.93. The Morgan fingerprint density at radius 3 is 1.27 bits per heavy atom. The van der Waals surface area contributed by atoms with Gasteiger partial charge in [-0.1, -0.05) is 115 Å². The van der Waals surface area contributed by atoms with Gasteiger partial charge in [-0.05, 0) is 141 Å². The molecule has 5 nitrogen and oxygen atoms in total. The van der Waals surface area contributed by atoms with Gasteiger partial charge in [0.15, 0.2) is 0 Å². The maximum Gasteiger partial charge on any atom is 0.139 e. The van der Waals surface area contributed by atoms with Gasteiger partial charge in [0.25, 0.3) is 0 Å². The molecule has 0 aliphatic rings. The Kier molecular flexibility index (Phi) is 7.91. The standard InChI is InChI=1S/C61H36N2O3/c1-4-10-54-49(7-1)51-27-21-44(35-58(51)65-54)38-13-15-42-33-47(25-19-40(42)31-38)63(46-23-17-37(18-24-46)61-60-53-9-3-6-12-56(53)64-57(60)29-30-62-61)48-26-20-41-32-39(14-16-43(41)34-48)45-22-28-52-50-8-2-5-11-55(50)66-59(52)36-45/h1-36H. The van der Waals surface area contributed by atoms with Crippen LogP contribution in [0.15, 0.2) is 232 Å². The minimum absolute atomic E-state index is 0.829. The summed E-state index contributed by atoms with van der Waals surface area (Å²) in [6.45, 7) is 0. The molecule has 0 N–H and O–H groups in total. The number of furan rings is 3. The number of fused-ring (bicyclic) bond motifs is 11. The van der Waals surface area contributed by atoms with Crippen LogP contribution in [-0.2, 0) is 0 Å². The van der Waals surface area contributed by atoms with E-state index in [0.29, 0.717) is 0 Å². The van der Waals surface area contributed by atoms with E-state index in [-0.39, 0.29) is 0 Å². The molecule has 0 radical (unpaired) electrons. The van der Waals surface area contributed by atoms with Crippen molar-refractivity contribution in [3.8, 4) is 33.5 Å². The SMILES string of the molecule is c1ccc2c(c1)oc1cc(-c3ccc4cc(N(c5ccc(-c6nccc7oc8ccccc8c67)cc5)c5ccc6cc(-c7ccc8c(c7)oc7ccccc78)ccc6c5)ccc4c3)ccc12. The minimum Gasteiger partial charge on any atom is -0.456 e. The number of nitrogens with zero attached hydrogens (tertiary/aromatic N) is 2. The first-order chi connectivity index (χ1) is 32.6. The summed E-state index contributed by atoms with van der Waals surface area (Å²) < 4.78 is 18.7. The fourth-order valence-corrected chi connectivity index (χ4v) is 10.0. The predicted octanol–water partition coefficient (Wildman–Crippen LogP) is 17.6. The first-order valence-electron chi connectivity index (χ1n) is 22.2. The smallest absolute Gasteiger partial charge is 0.139 e. The zero-order chi connectivity index (χ0) is 43.3. The molecule has 0 aliphatic heterocycles. The van der Waals surface area contributed by atoms with Gasteiger partial charge in [0.05, 0.1) is 11.1 Å². The fourth-order valence-electron chi connectivity index (χ4n) is 10.0. The number of benzene rings is 10. The summed E-state index contributed by atoms with van der Waals surface area (Å²) in [6.07, 6.45) is 1.83. The summed E-state index contributed by atoms with van der Waals surface area (Å²) in [6, 6.07) is 75.2. The van der Waals surface area contributed by atoms with E-state index < -0.39 is 0 Å². The van der Waals surface area contributed by atoms with Crippen molar-refractivity contribution in [2.24, 2.45) is 0 Å². The molecule has 14 aromatic rings. The third kappa shape index (κ3) is 5.84. The fraction of sp³-hybridized carbons (Fsp3) is 0. The van der Waals surface area contributed by atoms with Gasteiger partial charge in [-0.25, -0.2) is 0 Å². The number of rotatable bonds is 6. The van der Waals surface area contributed by atoms with Gasteiger partial charge in [0.2, 0.25) is 0 Å². The third-order valence-electron chi connectivity index (χ3n) is 13.3. The molecule has 66 heavy (non-hydrogen) atoms. The van der Waals surface area contributed by atoms with Crippen LogP contribution in [0.4, 0.5) is 17.1 Å². The Balaban J connectivity index is 0.858. The quantitative estimate of drug-likeness (QED) is 0.167. The summed E-state index contributed by atoms with van der Waals surface area (Å²) in [5, 5.41) is 11.2. The van der Waals surface area contributed by atoms with Gasteiger partial charge in [-0.3, -0.25) is 4.98 Å². The lowest BCUT2D eigenvalue weighted by atomic mass is 9.98. The first-order valence-corrected chi connectivity index (χ1v) is 22.2. The van der Waals surface area contributed by atoms with Crippen molar-refractivity contribution < 1.29 is 13.3 Å². The molecule has 4 heterocycles. The normalized spacial score (nSPS) is 11.9. The summed E-state index contributed by atoms with van der Waals surface area (Å²) in [5.41, 5.74) is 14.9. The van der Waals surface area contributed by atoms with Crippen molar-refractivity contribution in [2.75, 3.05) is 4.90 Å². The zero-order valence-electron chi connectivity index (χ0n) is 35.4. The molecule has 14 rings (SSSR count). The molecular formula is C61H36N2O3. The van der Waals surface area contributed by atoms with Crippen molar-refractivity contribution in [1.29, 1.82) is 0 Å². The van der Waals surface area contributed by atoms with Crippen LogP contribution in [0.25, 0.3) is 121 Å². The molecule has 0 bridgehead atoms. The molecule has 0 spiro atoms. The first kappa shape index (κ1) is 36.5. The minimum atomic E-state index is 0.829. The summed E-state index contributed by atoms with van der Waals surface area (Å²) in [5.74, 6) is 0. The molecule has 308 valence electrons. The van der Waals surface area contributed by atoms with Crippen LogP contribution in [0.5, 0.6) is 0 Å². The van der Waals surface area contributed by atoms with E-state index in [0.717, 1.165) is 138 Å². The maximum atomic E-state index is 6.25. The van der Waals surface area contributed by atoms with Crippen LogP contribution < -0.4 is 4.90 Å². The van der Waals surface area contributed by atoms with E-state index >= 15 is 0 Å². The lowest BCUT2D eigenvalue weighted by molar-refractivity contribution is 0.668. The molecule has 0 atom stereocenters. The Morgan fingerprint density at radius 1 is 0.288 bits per heavy atom. The second-order valence-corrected chi connectivity index (χ2v) is 17.1. The maximum absolute atomic E-state index is 6.25. The van der Waals surface area contributed by atoms with Crippen LogP contribution in [0.2, 0.25) is 0 Å². The molecule has 0 unspecified atom stereocenters. The Labute approximate surface area is 378 Å². The number of anilines is 3. The van der Waals surface area contributed by atoms with Crippen LogP contribution >= 0.6 is 0 Å². The van der Waals surface area contributed by atoms with E-state index in [1.54, 1.807) is 0 Å². The van der Waals surface area contributed by atoms with Gasteiger partial charge >= 0.3 is 0 Å². The van der Waals surface area contributed by atoms with Crippen LogP contribution in [0.1, 0.15) is 0 Å². The van der Waals surface area contributed by atoms with Gasteiger partial charge in [-0.15, -0.1) is 0 Å². The monoisotopic (exact) mass is 844 g/mol.